The third-order valence-corrected chi connectivity index (χ3v) is 2.35. The van der Waals surface area contributed by atoms with E-state index in [0.717, 1.165) is 13.0 Å². The molecule has 10 heavy (non-hydrogen) atoms. The van der Waals surface area contributed by atoms with Crippen LogP contribution in [-0.4, -0.2) is 18.1 Å². The van der Waals surface area contributed by atoms with Crippen LogP contribution in [0.1, 0.15) is 32.6 Å². The number of unbranched alkanes of at least 4 members (excludes halogenated alkanes) is 2. The number of epoxide rings is 1. The van der Waals surface area contributed by atoms with Gasteiger partial charge in [0.2, 0.25) is 0 Å². The van der Waals surface area contributed by atoms with E-state index in [9.17, 15) is 0 Å². The van der Waals surface area contributed by atoms with Gasteiger partial charge in [-0.15, -0.1) is 11.6 Å². The summed E-state index contributed by atoms with van der Waals surface area (Å²) < 4.78 is 5.07. The summed E-state index contributed by atoms with van der Waals surface area (Å²) in [5, 5.41) is 0.284. The fraction of sp³-hybridized carbons (Fsp3) is 1.00. The molecule has 0 unspecified atom stereocenters. The summed E-state index contributed by atoms with van der Waals surface area (Å²) >= 11 is 5.99. The molecule has 2 atom stereocenters. The molecule has 1 heterocycles. The monoisotopic (exact) mass is 162 g/mol. The molecule has 1 saturated heterocycles. The minimum Gasteiger partial charge on any atom is -0.372 e. The second kappa shape index (κ2) is 4.20. The highest BCUT2D eigenvalue weighted by atomic mass is 35.5. The maximum Gasteiger partial charge on any atom is 0.0972 e. The van der Waals surface area contributed by atoms with E-state index in [1.165, 1.54) is 19.3 Å². The smallest absolute Gasteiger partial charge is 0.0972 e. The van der Waals surface area contributed by atoms with Crippen molar-refractivity contribution in [3.05, 3.63) is 0 Å². The van der Waals surface area contributed by atoms with Crippen molar-refractivity contribution in [1.82, 2.24) is 0 Å². The molecule has 0 amide bonds. The topological polar surface area (TPSA) is 12.5 Å². The molecule has 60 valence electrons. The van der Waals surface area contributed by atoms with Crippen molar-refractivity contribution >= 4 is 11.6 Å². The van der Waals surface area contributed by atoms with E-state index in [4.69, 9.17) is 16.3 Å². The van der Waals surface area contributed by atoms with Crippen LogP contribution >= 0.6 is 11.6 Å². The van der Waals surface area contributed by atoms with E-state index < -0.39 is 0 Å². The van der Waals surface area contributed by atoms with Crippen LogP contribution in [0, 0.1) is 0 Å². The molecular weight excluding hydrogens is 148 g/mol. The van der Waals surface area contributed by atoms with E-state index in [-0.39, 0.29) is 5.38 Å². The zero-order valence-corrected chi connectivity index (χ0v) is 7.23. The zero-order valence-electron chi connectivity index (χ0n) is 6.48. The van der Waals surface area contributed by atoms with Gasteiger partial charge in [0.05, 0.1) is 18.1 Å². The quantitative estimate of drug-likeness (QED) is 0.344. The van der Waals surface area contributed by atoms with Crippen molar-refractivity contribution in [2.75, 3.05) is 6.61 Å². The molecule has 0 N–H and O–H groups in total. The van der Waals surface area contributed by atoms with Gasteiger partial charge in [-0.3, -0.25) is 0 Å². The standard InChI is InChI=1S/C8H15ClO/c1-2-3-4-5-7(9)8-6-10-8/h7-8H,2-6H2,1H3/t7-,8+/m1/s1. The summed E-state index contributed by atoms with van der Waals surface area (Å²) in [6.07, 6.45) is 5.34. The summed E-state index contributed by atoms with van der Waals surface area (Å²) in [5.74, 6) is 0. The normalized spacial score (nSPS) is 26.4. The van der Waals surface area contributed by atoms with E-state index >= 15 is 0 Å². The van der Waals surface area contributed by atoms with Gasteiger partial charge in [0.1, 0.15) is 0 Å². The van der Waals surface area contributed by atoms with Crippen LogP contribution in [0.5, 0.6) is 0 Å². The second-order valence-electron chi connectivity index (χ2n) is 2.88. The van der Waals surface area contributed by atoms with Crippen LogP contribution in [0.4, 0.5) is 0 Å². The van der Waals surface area contributed by atoms with E-state index in [2.05, 4.69) is 6.92 Å². The Morgan fingerprint density at radius 3 is 2.80 bits per heavy atom. The first-order valence-corrected chi connectivity index (χ1v) is 4.54. The number of rotatable bonds is 5. The molecular formula is C8H15ClO. The number of ether oxygens (including phenoxy) is 1. The van der Waals surface area contributed by atoms with E-state index in [1.54, 1.807) is 0 Å². The summed E-state index contributed by atoms with van der Waals surface area (Å²) in [4.78, 5) is 0. The molecule has 1 aliphatic heterocycles. The van der Waals surface area contributed by atoms with Gasteiger partial charge in [0.25, 0.3) is 0 Å². The average molecular weight is 163 g/mol. The molecule has 0 spiro atoms. The van der Waals surface area contributed by atoms with Crippen LogP contribution in [0.3, 0.4) is 0 Å². The molecule has 0 saturated carbocycles. The maximum absolute atomic E-state index is 5.99. The lowest BCUT2D eigenvalue weighted by molar-refractivity contribution is 0.391. The van der Waals surface area contributed by atoms with Crippen molar-refractivity contribution < 1.29 is 4.74 Å². The molecule has 0 aromatic carbocycles. The van der Waals surface area contributed by atoms with Crippen molar-refractivity contribution in [1.29, 1.82) is 0 Å². The van der Waals surface area contributed by atoms with Crippen molar-refractivity contribution in [3.63, 3.8) is 0 Å². The number of halogens is 1. The first-order chi connectivity index (χ1) is 4.84. The van der Waals surface area contributed by atoms with Gasteiger partial charge in [-0.25, -0.2) is 0 Å². The SMILES string of the molecule is CCCCC[C@@H](Cl)[C@@H]1CO1. The molecule has 0 aromatic heterocycles. The lowest BCUT2D eigenvalue weighted by atomic mass is 10.1. The van der Waals surface area contributed by atoms with Gasteiger partial charge in [-0.1, -0.05) is 26.2 Å². The average Bonchev–Trinajstić information content (AvgIpc) is 2.69. The lowest BCUT2D eigenvalue weighted by Crippen LogP contribution is -2.06. The molecule has 1 rings (SSSR count). The largest absolute Gasteiger partial charge is 0.372 e. The van der Waals surface area contributed by atoms with Crippen LogP contribution in [0.25, 0.3) is 0 Å². The molecule has 0 aliphatic carbocycles. The van der Waals surface area contributed by atoms with Gasteiger partial charge in [0.15, 0.2) is 0 Å². The molecule has 2 heteroatoms. The fourth-order valence-corrected chi connectivity index (χ4v) is 1.34. The Labute approximate surface area is 67.7 Å². The Bertz CT molecular complexity index is 91.3. The minimum absolute atomic E-state index is 0.284. The van der Waals surface area contributed by atoms with Crippen LogP contribution in [0.15, 0.2) is 0 Å². The number of hydrogen-bond donors (Lipinski definition) is 0. The van der Waals surface area contributed by atoms with Gasteiger partial charge < -0.3 is 4.74 Å². The van der Waals surface area contributed by atoms with Gasteiger partial charge in [-0.2, -0.15) is 0 Å². The highest BCUT2D eigenvalue weighted by molar-refractivity contribution is 6.21. The lowest BCUT2D eigenvalue weighted by Gasteiger charge is -2.03. The summed E-state index contributed by atoms with van der Waals surface area (Å²) in [5.41, 5.74) is 0. The number of hydrogen-bond acceptors (Lipinski definition) is 1. The summed E-state index contributed by atoms with van der Waals surface area (Å²) in [6, 6.07) is 0. The van der Waals surface area contributed by atoms with Crippen molar-refractivity contribution in [3.8, 4) is 0 Å². The van der Waals surface area contributed by atoms with E-state index in [0.29, 0.717) is 6.10 Å². The van der Waals surface area contributed by atoms with Crippen LogP contribution in [-0.2, 0) is 4.74 Å². The molecule has 1 nitrogen and oxygen atoms in total. The molecule has 0 bridgehead atoms. The van der Waals surface area contributed by atoms with Gasteiger partial charge >= 0.3 is 0 Å². The van der Waals surface area contributed by atoms with Crippen LogP contribution in [0.2, 0.25) is 0 Å². The predicted molar refractivity (Wildman–Crippen MR) is 43.5 cm³/mol. The second-order valence-corrected chi connectivity index (χ2v) is 3.44. The Kier molecular flexibility index (Phi) is 3.50. The maximum atomic E-state index is 5.99. The number of alkyl halides is 1. The Morgan fingerprint density at radius 2 is 2.30 bits per heavy atom. The van der Waals surface area contributed by atoms with Gasteiger partial charge in [0, 0.05) is 0 Å². The van der Waals surface area contributed by atoms with Crippen molar-refractivity contribution in [2.45, 2.75) is 44.1 Å². The first kappa shape index (κ1) is 8.35. The van der Waals surface area contributed by atoms with Crippen molar-refractivity contribution in [2.24, 2.45) is 0 Å². The third kappa shape index (κ3) is 2.89. The predicted octanol–water partition coefficient (Wildman–Crippen LogP) is 2.57. The highest BCUT2D eigenvalue weighted by Crippen LogP contribution is 2.23. The van der Waals surface area contributed by atoms with E-state index in [1.807, 2.05) is 0 Å². The highest BCUT2D eigenvalue weighted by Gasteiger charge is 2.30. The third-order valence-electron chi connectivity index (χ3n) is 1.85. The molecule has 0 radical (unpaired) electrons. The summed E-state index contributed by atoms with van der Waals surface area (Å²) in [6.45, 7) is 3.09. The summed E-state index contributed by atoms with van der Waals surface area (Å²) in [7, 11) is 0. The van der Waals surface area contributed by atoms with Gasteiger partial charge in [-0.05, 0) is 6.42 Å². The van der Waals surface area contributed by atoms with Crippen LogP contribution < -0.4 is 0 Å². The fourth-order valence-electron chi connectivity index (χ4n) is 1.04. The zero-order chi connectivity index (χ0) is 7.40. The molecule has 1 aliphatic rings. The minimum atomic E-state index is 0.284. The Balaban J connectivity index is 1.90. The Hall–Kier alpha value is 0.250. The Morgan fingerprint density at radius 1 is 1.60 bits per heavy atom. The molecule has 0 aromatic rings. The first-order valence-electron chi connectivity index (χ1n) is 4.10. The molecule has 1 fully saturated rings.